The maximum absolute atomic E-state index is 6.16. The van der Waals surface area contributed by atoms with Crippen molar-refractivity contribution in [3.05, 3.63) is 24.4 Å². The van der Waals surface area contributed by atoms with Crippen LogP contribution in [0.2, 0.25) is 0 Å². The number of piperidine rings is 1. The molecule has 1 fully saturated rings. The van der Waals surface area contributed by atoms with Gasteiger partial charge in [0.05, 0.1) is 17.4 Å². The second kappa shape index (κ2) is 6.88. The molecule has 0 radical (unpaired) electrons. The number of nitrogen functional groups attached to an aromatic ring is 1. The lowest BCUT2D eigenvalue weighted by Crippen LogP contribution is -2.30. The number of terminal acetylenes is 1. The number of rotatable bonds is 4. The monoisotopic (exact) mass is 348 g/mol. The number of benzene rings is 1. The van der Waals surface area contributed by atoms with E-state index in [1.165, 1.54) is 19.3 Å². The fourth-order valence-electron chi connectivity index (χ4n) is 3.20. The molecule has 8 heteroatoms. The van der Waals surface area contributed by atoms with Crippen molar-refractivity contribution in [3.8, 4) is 12.3 Å². The second-order valence-corrected chi connectivity index (χ2v) is 6.29. The van der Waals surface area contributed by atoms with Gasteiger partial charge in [-0.2, -0.15) is 4.98 Å². The molecule has 1 aliphatic rings. The smallest absolute Gasteiger partial charge is 0.229 e. The molecule has 3 N–H and O–H groups in total. The van der Waals surface area contributed by atoms with Gasteiger partial charge in [0.25, 0.3) is 0 Å². The van der Waals surface area contributed by atoms with Crippen molar-refractivity contribution in [2.45, 2.75) is 25.8 Å². The van der Waals surface area contributed by atoms with E-state index in [1.807, 2.05) is 18.2 Å². The van der Waals surface area contributed by atoms with Crippen LogP contribution in [0.3, 0.4) is 0 Å². The summed E-state index contributed by atoms with van der Waals surface area (Å²) < 4.78 is 1.68. The van der Waals surface area contributed by atoms with E-state index in [2.05, 4.69) is 36.4 Å². The third kappa shape index (κ3) is 3.11. The lowest BCUT2D eigenvalue weighted by Gasteiger charge is -2.29. The third-order valence-electron chi connectivity index (χ3n) is 4.51. The van der Waals surface area contributed by atoms with Crippen molar-refractivity contribution in [1.29, 1.82) is 0 Å². The fraction of sp³-hybridized carbons (Fsp3) is 0.333. The zero-order chi connectivity index (χ0) is 17.9. The highest BCUT2D eigenvalue weighted by molar-refractivity contribution is 5.80. The largest absolute Gasteiger partial charge is 0.382 e. The first-order chi connectivity index (χ1) is 12.7. The molecule has 4 rings (SSSR count). The lowest BCUT2D eigenvalue weighted by atomic mass is 10.1. The van der Waals surface area contributed by atoms with Gasteiger partial charge in [0.15, 0.2) is 5.82 Å². The van der Waals surface area contributed by atoms with E-state index in [1.54, 1.807) is 10.9 Å². The highest BCUT2D eigenvalue weighted by Gasteiger charge is 2.15. The maximum atomic E-state index is 6.16. The minimum Gasteiger partial charge on any atom is -0.382 e. The molecule has 0 aliphatic carbocycles. The van der Waals surface area contributed by atoms with Crippen molar-refractivity contribution < 1.29 is 0 Å². The maximum Gasteiger partial charge on any atom is 0.229 e. The zero-order valence-corrected chi connectivity index (χ0v) is 14.4. The number of aromatic nitrogens is 5. The topological polar surface area (TPSA) is 97.8 Å². The number of anilines is 4. The fourth-order valence-corrected chi connectivity index (χ4v) is 3.20. The van der Waals surface area contributed by atoms with Crippen LogP contribution < -0.4 is 16.0 Å². The molecule has 3 aromatic rings. The predicted octanol–water partition coefficient (Wildman–Crippen LogP) is 2.17. The lowest BCUT2D eigenvalue weighted by molar-refractivity contribution is 0.577. The van der Waals surface area contributed by atoms with Crippen LogP contribution in [0.4, 0.5) is 23.1 Å². The molecular formula is C18H20N8. The van der Waals surface area contributed by atoms with Crippen LogP contribution in [0.15, 0.2) is 24.4 Å². The summed E-state index contributed by atoms with van der Waals surface area (Å²) in [6.45, 7) is 2.38. The first-order valence-electron chi connectivity index (χ1n) is 8.66. The normalized spacial score (nSPS) is 14.3. The Morgan fingerprint density at radius 2 is 2.08 bits per heavy atom. The molecule has 8 nitrogen and oxygen atoms in total. The molecule has 2 aromatic heterocycles. The van der Waals surface area contributed by atoms with Crippen LogP contribution in [0, 0.1) is 12.3 Å². The van der Waals surface area contributed by atoms with Gasteiger partial charge in [-0.25, -0.2) is 9.67 Å². The summed E-state index contributed by atoms with van der Waals surface area (Å²) in [5, 5.41) is 11.3. The first-order valence-corrected chi connectivity index (χ1v) is 8.66. The average molecular weight is 348 g/mol. The molecule has 0 amide bonds. The Labute approximate surface area is 151 Å². The van der Waals surface area contributed by atoms with Gasteiger partial charge in [-0.15, -0.1) is 11.5 Å². The van der Waals surface area contributed by atoms with Crippen LogP contribution in [0.25, 0.3) is 11.0 Å². The SMILES string of the molecule is C#CCn1nnc2ccc(Nc3ncc(N4CCCCC4)c(N)n3)cc21. The van der Waals surface area contributed by atoms with E-state index in [9.17, 15) is 0 Å². The van der Waals surface area contributed by atoms with Gasteiger partial charge < -0.3 is 16.0 Å². The molecule has 1 aliphatic heterocycles. The van der Waals surface area contributed by atoms with E-state index in [0.29, 0.717) is 18.3 Å². The molecule has 0 saturated carbocycles. The van der Waals surface area contributed by atoms with Gasteiger partial charge in [0.1, 0.15) is 12.1 Å². The summed E-state index contributed by atoms with van der Waals surface area (Å²) >= 11 is 0. The van der Waals surface area contributed by atoms with Gasteiger partial charge in [0.2, 0.25) is 5.95 Å². The summed E-state index contributed by atoms with van der Waals surface area (Å²) in [6, 6.07) is 5.70. The molecule has 0 unspecified atom stereocenters. The predicted molar refractivity (Wildman–Crippen MR) is 102 cm³/mol. The summed E-state index contributed by atoms with van der Waals surface area (Å²) in [6.07, 6.45) is 10.8. The Morgan fingerprint density at radius 3 is 2.85 bits per heavy atom. The van der Waals surface area contributed by atoms with Gasteiger partial charge in [0, 0.05) is 18.8 Å². The molecule has 1 aromatic carbocycles. The van der Waals surface area contributed by atoms with Crippen LogP contribution in [0.5, 0.6) is 0 Å². The summed E-state index contributed by atoms with van der Waals surface area (Å²) in [7, 11) is 0. The second-order valence-electron chi connectivity index (χ2n) is 6.29. The number of nitrogens with one attached hydrogen (secondary N) is 1. The number of nitrogens with two attached hydrogens (primary N) is 1. The Morgan fingerprint density at radius 1 is 1.23 bits per heavy atom. The average Bonchev–Trinajstić information content (AvgIpc) is 3.05. The number of hydrogen-bond donors (Lipinski definition) is 2. The Kier molecular flexibility index (Phi) is 4.27. The van der Waals surface area contributed by atoms with E-state index >= 15 is 0 Å². The molecule has 3 heterocycles. The van der Waals surface area contributed by atoms with Crippen LogP contribution >= 0.6 is 0 Å². The van der Waals surface area contributed by atoms with Crippen molar-refractivity contribution in [1.82, 2.24) is 25.0 Å². The number of fused-ring (bicyclic) bond motifs is 1. The highest BCUT2D eigenvalue weighted by Crippen LogP contribution is 2.26. The summed E-state index contributed by atoms with van der Waals surface area (Å²) in [5.41, 5.74) is 9.53. The molecule has 132 valence electrons. The molecular weight excluding hydrogens is 328 g/mol. The number of nitrogens with zero attached hydrogens (tertiary/aromatic N) is 6. The minimum absolute atomic E-state index is 0.369. The Hall–Kier alpha value is -3.34. The van der Waals surface area contributed by atoms with Crippen molar-refractivity contribution in [2.75, 3.05) is 29.0 Å². The zero-order valence-electron chi connectivity index (χ0n) is 14.4. The van der Waals surface area contributed by atoms with Crippen LogP contribution in [0.1, 0.15) is 19.3 Å². The summed E-state index contributed by atoms with van der Waals surface area (Å²) in [5.74, 6) is 3.52. The third-order valence-corrected chi connectivity index (χ3v) is 4.51. The van der Waals surface area contributed by atoms with Gasteiger partial charge in [-0.3, -0.25) is 0 Å². The first kappa shape index (κ1) is 16.1. The van der Waals surface area contributed by atoms with Crippen LogP contribution in [-0.4, -0.2) is 38.1 Å². The standard InChI is InChI=1S/C18H20N8/c1-2-8-26-15-11-13(6-7-14(15)23-24-26)21-18-20-12-16(17(19)22-18)25-9-4-3-5-10-25/h1,6-7,11-12H,3-5,8-10H2,(H3,19,20,21,22). The highest BCUT2D eigenvalue weighted by atomic mass is 15.4. The quantitative estimate of drug-likeness (QED) is 0.697. The van der Waals surface area contributed by atoms with Crippen LogP contribution in [-0.2, 0) is 6.54 Å². The van der Waals surface area contributed by atoms with Crippen molar-refractivity contribution in [3.63, 3.8) is 0 Å². The Bertz CT molecular complexity index is 965. The molecule has 26 heavy (non-hydrogen) atoms. The van der Waals surface area contributed by atoms with E-state index in [4.69, 9.17) is 12.2 Å². The van der Waals surface area contributed by atoms with Gasteiger partial charge in [-0.05, 0) is 37.5 Å². The van der Waals surface area contributed by atoms with E-state index in [-0.39, 0.29) is 0 Å². The van der Waals surface area contributed by atoms with E-state index < -0.39 is 0 Å². The van der Waals surface area contributed by atoms with E-state index in [0.717, 1.165) is 35.5 Å². The van der Waals surface area contributed by atoms with Gasteiger partial charge >= 0.3 is 0 Å². The van der Waals surface area contributed by atoms with Crippen molar-refractivity contribution >= 4 is 34.2 Å². The van der Waals surface area contributed by atoms with Crippen molar-refractivity contribution in [2.24, 2.45) is 0 Å². The minimum atomic E-state index is 0.369. The van der Waals surface area contributed by atoms with Gasteiger partial charge in [-0.1, -0.05) is 11.1 Å². The number of hydrogen-bond acceptors (Lipinski definition) is 7. The summed E-state index contributed by atoms with van der Waals surface area (Å²) in [4.78, 5) is 11.1. The molecule has 0 bridgehead atoms. The molecule has 0 atom stereocenters. The Balaban J connectivity index is 1.57. The molecule has 1 saturated heterocycles. The molecule has 0 spiro atoms.